The minimum atomic E-state index is -0.860. The molecule has 1 fully saturated rings. The van der Waals surface area contributed by atoms with Crippen LogP contribution in [0.1, 0.15) is 28.8 Å². The van der Waals surface area contributed by atoms with E-state index in [4.69, 9.17) is 5.11 Å². The van der Waals surface area contributed by atoms with Gasteiger partial charge in [0.2, 0.25) is 0 Å². The van der Waals surface area contributed by atoms with Crippen LogP contribution in [-0.2, 0) is 4.79 Å². The highest BCUT2D eigenvalue weighted by atomic mass is 16.6. The molecule has 1 aromatic carbocycles. The lowest BCUT2D eigenvalue weighted by molar-refractivity contribution is -0.384. The Bertz CT molecular complexity index is 599. The Morgan fingerprint density at radius 3 is 2.76 bits per heavy atom. The van der Waals surface area contributed by atoms with Gasteiger partial charge in [0, 0.05) is 37.2 Å². The van der Waals surface area contributed by atoms with Crippen molar-refractivity contribution >= 4 is 17.6 Å². The summed E-state index contributed by atoms with van der Waals surface area (Å²) in [5.41, 5.74) is 0.932. The molecule has 2 rings (SSSR count). The van der Waals surface area contributed by atoms with Crippen molar-refractivity contribution < 1.29 is 19.6 Å². The fourth-order valence-corrected chi connectivity index (χ4v) is 2.60. The second-order valence-corrected chi connectivity index (χ2v) is 5.26. The van der Waals surface area contributed by atoms with E-state index in [9.17, 15) is 19.7 Å². The minimum Gasteiger partial charge on any atom is -0.481 e. The molecule has 0 spiro atoms. The Balaban J connectivity index is 2.11. The molecular formula is C14H16N2O5. The molecule has 1 aliphatic rings. The number of likely N-dealkylation sites (tertiary alicyclic amines) is 1. The Hall–Kier alpha value is -2.44. The van der Waals surface area contributed by atoms with Crippen LogP contribution in [0.15, 0.2) is 18.2 Å². The van der Waals surface area contributed by atoms with Crippen molar-refractivity contribution in [2.75, 3.05) is 13.1 Å². The second-order valence-electron chi connectivity index (χ2n) is 5.26. The van der Waals surface area contributed by atoms with Crippen LogP contribution in [0, 0.1) is 23.0 Å². The molecule has 1 N–H and O–H groups in total. The summed E-state index contributed by atoms with van der Waals surface area (Å²) in [5.74, 6) is -1.08. The van der Waals surface area contributed by atoms with Gasteiger partial charge < -0.3 is 10.0 Å². The van der Waals surface area contributed by atoms with Crippen LogP contribution in [0.3, 0.4) is 0 Å². The van der Waals surface area contributed by atoms with Crippen molar-refractivity contribution in [3.63, 3.8) is 0 Å². The van der Waals surface area contributed by atoms with Gasteiger partial charge in [-0.2, -0.15) is 0 Å². The van der Waals surface area contributed by atoms with Crippen molar-refractivity contribution in [3.8, 4) is 0 Å². The third kappa shape index (κ3) is 3.36. The average Bonchev–Trinajstić information content (AvgIpc) is 2.85. The number of carboxylic acids is 1. The first-order valence-electron chi connectivity index (χ1n) is 6.64. The highest BCUT2D eigenvalue weighted by Gasteiger charge is 2.29. The number of non-ortho nitro benzene ring substituents is 1. The lowest BCUT2D eigenvalue weighted by Gasteiger charge is -2.17. The molecule has 0 bridgehead atoms. The van der Waals surface area contributed by atoms with Gasteiger partial charge in [-0.3, -0.25) is 19.7 Å². The van der Waals surface area contributed by atoms with Gasteiger partial charge in [0.15, 0.2) is 0 Å². The first kappa shape index (κ1) is 15.0. The van der Waals surface area contributed by atoms with Crippen LogP contribution in [0.25, 0.3) is 0 Å². The van der Waals surface area contributed by atoms with Gasteiger partial charge in [-0.25, -0.2) is 0 Å². The fraction of sp³-hybridized carbons (Fsp3) is 0.429. The zero-order chi connectivity index (χ0) is 15.6. The molecule has 1 heterocycles. The third-order valence-electron chi connectivity index (χ3n) is 3.69. The largest absolute Gasteiger partial charge is 0.481 e. The lowest BCUT2D eigenvalue weighted by atomic mass is 10.1. The number of carboxylic acid groups (broad SMARTS) is 1. The SMILES string of the molecule is Cc1cc([N+](=O)[O-])ccc1C(=O)N1CCC(CC(=O)O)C1. The molecule has 7 heteroatoms. The second kappa shape index (κ2) is 5.90. The van der Waals surface area contributed by atoms with Gasteiger partial charge in [-0.1, -0.05) is 0 Å². The minimum absolute atomic E-state index is 0.0233. The van der Waals surface area contributed by atoms with E-state index in [1.54, 1.807) is 11.8 Å². The number of hydrogen-bond acceptors (Lipinski definition) is 4. The van der Waals surface area contributed by atoms with Gasteiger partial charge in [0.05, 0.1) is 4.92 Å². The Kier molecular flexibility index (Phi) is 4.21. The predicted octanol–water partition coefficient (Wildman–Crippen LogP) is 1.84. The maximum absolute atomic E-state index is 12.4. The van der Waals surface area contributed by atoms with Gasteiger partial charge >= 0.3 is 5.97 Å². The van der Waals surface area contributed by atoms with E-state index >= 15 is 0 Å². The quantitative estimate of drug-likeness (QED) is 0.674. The maximum Gasteiger partial charge on any atom is 0.303 e. The van der Waals surface area contributed by atoms with Gasteiger partial charge in [0.1, 0.15) is 0 Å². The van der Waals surface area contributed by atoms with Crippen LogP contribution < -0.4 is 0 Å². The molecule has 1 atom stereocenters. The zero-order valence-electron chi connectivity index (χ0n) is 11.6. The van der Waals surface area contributed by atoms with E-state index in [1.165, 1.54) is 18.2 Å². The Morgan fingerprint density at radius 2 is 2.19 bits per heavy atom. The lowest BCUT2D eigenvalue weighted by Crippen LogP contribution is -2.29. The highest BCUT2D eigenvalue weighted by Crippen LogP contribution is 2.24. The molecule has 1 amide bonds. The van der Waals surface area contributed by atoms with E-state index in [0.717, 1.165) is 0 Å². The molecule has 0 radical (unpaired) electrons. The van der Waals surface area contributed by atoms with Crippen LogP contribution >= 0.6 is 0 Å². The molecule has 0 saturated carbocycles. The predicted molar refractivity (Wildman–Crippen MR) is 74.1 cm³/mol. The molecule has 0 aliphatic carbocycles. The van der Waals surface area contributed by atoms with Crippen molar-refractivity contribution in [3.05, 3.63) is 39.4 Å². The summed E-state index contributed by atoms with van der Waals surface area (Å²) in [4.78, 5) is 34.9. The number of aliphatic carboxylic acids is 1. The molecular weight excluding hydrogens is 276 g/mol. The number of carbonyl (C=O) groups excluding carboxylic acids is 1. The molecule has 1 unspecified atom stereocenters. The summed E-state index contributed by atoms with van der Waals surface area (Å²) in [6.07, 6.45) is 0.729. The number of nitro groups is 1. The van der Waals surface area contributed by atoms with Crippen molar-refractivity contribution in [2.45, 2.75) is 19.8 Å². The van der Waals surface area contributed by atoms with Crippen molar-refractivity contribution in [2.24, 2.45) is 5.92 Å². The summed E-state index contributed by atoms with van der Waals surface area (Å²) in [5, 5.41) is 19.5. The summed E-state index contributed by atoms with van der Waals surface area (Å²) in [6, 6.07) is 4.14. The van der Waals surface area contributed by atoms with Gasteiger partial charge in [-0.05, 0) is 30.9 Å². The molecule has 21 heavy (non-hydrogen) atoms. The van der Waals surface area contributed by atoms with Crippen LogP contribution in [0.5, 0.6) is 0 Å². The number of nitro benzene ring substituents is 1. The van der Waals surface area contributed by atoms with Crippen molar-refractivity contribution in [1.82, 2.24) is 4.90 Å². The van der Waals surface area contributed by atoms with Crippen LogP contribution in [0.2, 0.25) is 0 Å². The molecule has 7 nitrogen and oxygen atoms in total. The molecule has 1 aromatic rings. The maximum atomic E-state index is 12.4. The van der Waals surface area contributed by atoms with Crippen molar-refractivity contribution in [1.29, 1.82) is 0 Å². The van der Waals surface area contributed by atoms with Crippen LogP contribution in [-0.4, -0.2) is 39.9 Å². The normalized spacial score (nSPS) is 17.8. The number of aryl methyl sites for hydroxylation is 1. The van der Waals surface area contributed by atoms with Gasteiger partial charge in [-0.15, -0.1) is 0 Å². The first-order valence-corrected chi connectivity index (χ1v) is 6.64. The topological polar surface area (TPSA) is 101 Å². The number of nitrogens with zero attached hydrogens (tertiary/aromatic N) is 2. The molecule has 1 saturated heterocycles. The number of rotatable bonds is 4. The third-order valence-corrected chi connectivity index (χ3v) is 3.69. The molecule has 1 aliphatic heterocycles. The first-order chi connectivity index (χ1) is 9.88. The Labute approximate surface area is 121 Å². The molecule has 112 valence electrons. The average molecular weight is 292 g/mol. The Morgan fingerprint density at radius 1 is 1.48 bits per heavy atom. The van der Waals surface area contributed by atoms with Crippen LogP contribution in [0.4, 0.5) is 5.69 Å². The number of hydrogen-bond donors (Lipinski definition) is 1. The molecule has 0 aromatic heterocycles. The fourth-order valence-electron chi connectivity index (χ4n) is 2.60. The summed E-state index contributed by atoms with van der Waals surface area (Å²) >= 11 is 0. The number of carbonyl (C=O) groups is 2. The summed E-state index contributed by atoms with van der Waals surface area (Å²) in [6.45, 7) is 2.60. The number of amides is 1. The summed E-state index contributed by atoms with van der Waals surface area (Å²) < 4.78 is 0. The smallest absolute Gasteiger partial charge is 0.303 e. The van der Waals surface area contributed by atoms with E-state index in [1.807, 2.05) is 0 Å². The van der Waals surface area contributed by atoms with E-state index in [0.29, 0.717) is 30.6 Å². The zero-order valence-corrected chi connectivity index (χ0v) is 11.6. The monoisotopic (exact) mass is 292 g/mol. The number of benzene rings is 1. The van der Waals surface area contributed by atoms with E-state index < -0.39 is 10.9 Å². The highest BCUT2D eigenvalue weighted by molar-refractivity contribution is 5.96. The van der Waals surface area contributed by atoms with E-state index in [-0.39, 0.29) is 23.9 Å². The summed E-state index contributed by atoms with van der Waals surface area (Å²) in [7, 11) is 0. The van der Waals surface area contributed by atoms with E-state index in [2.05, 4.69) is 0 Å². The van der Waals surface area contributed by atoms with Gasteiger partial charge in [0.25, 0.3) is 11.6 Å². The standard InChI is InChI=1S/C14H16N2O5/c1-9-6-11(16(20)21)2-3-12(9)14(19)15-5-4-10(8-15)7-13(17)18/h2-3,6,10H,4-5,7-8H2,1H3,(H,17,18).